The maximum Gasteiger partial charge on any atom is 0.228 e. The summed E-state index contributed by atoms with van der Waals surface area (Å²) in [5.41, 5.74) is 3.06. The molecule has 0 N–H and O–H groups in total. The summed E-state index contributed by atoms with van der Waals surface area (Å²) in [4.78, 5) is 11.0. The van der Waals surface area contributed by atoms with Gasteiger partial charge in [0, 0.05) is 18.1 Å². The SMILES string of the molecule is CCN(C)C=Nc1cc(Br)c(OCCCCc2ccc(Br)cc2)nc1C. The van der Waals surface area contributed by atoms with Crippen molar-refractivity contribution in [1.29, 1.82) is 0 Å². The fourth-order valence-electron chi connectivity index (χ4n) is 2.27. The largest absolute Gasteiger partial charge is 0.477 e. The molecule has 140 valence electrons. The fraction of sp³-hybridized carbons (Fsp3) is 0.400. The summed E-state index contributed by atoms with van der Waals surface area (Å²) in [6.45, 7) is 5.60. The van der Waals surface area contributed by atoms with E-state index in [1.807, 2.05) is 31.3 Å². The minimum absolute atomic E-state index is 0.633. The Labute approximate surface area is 172 Å². The minimum Gasteiger partial charge on any atom is -0.477 e. The summed E-state index contributed by atoms with van der Waals surface area (Å²) in [5.74, 6) is 0.633. The molecule has 0 atom stereocenters. The van der Waals surface area contributed by atoms with Gasteiger partial charge in [-0.3, -0.25) is 0 Å². The second-order valence-electron chi connectivity index (χ2n) is 6.13. The van der Waals surface area contributed by atoms with Crippen LogP contribution >= 0.6 is 31.9 Å². The number of ether oxygens (including phenoxy) is 1. The first-order chi connectivity index (χ1) is 12.5. The van der Waals surface area contributed by atoms with Crippen molar-refractivity contribution in [3.05, 3.63) is 50.5 Å². The zero-order valence-corrected chi connectivity index (χ0v) is 18.7. The minimum atomic E-state index is 0.633. The molecule has 0 saturated heterocycles. The molecule has 0 aliphatic carbocycles. The van der Waals surface area contributed by atoms with Gasteiger partial charge in [0.1, 0.15) is 0 Å². The third-order valence-corrected chi connectivity index (χ3v) is 5.11. The first kappa shape index (κ1) is 20.9. The third kappa shape index (κ3) is 6.72. The highest BCUT2D eigenvalue weighted by Gasteiger charge is 2.08. The molecule has 0 radical (unpaired) electrons. The average Bonchev–Trinajstić information content (AvgIpc) is 2.63. The predicted molar refractivity (Wildman–Crippen MR) is 116 cm³/mol. The van der Waals surface area contributed by atoms with Gasteiger partial charge in [0.25, 0.3) is 0 Å². The molecule has 0 spiro atoms. The van der Waals surface area contributed by atoms with Crippen LogP contribution in [-0.4, -0.2) is 36.4 Å². The van der Waals surface area contributed by atoms with E-state index in [0.717, 1.165) is 46.1 Å². The van der Waals surface area contributed by atoms with Gasteiger partial charge in [0.15, 0.2) is 0 Å². The van der Waals surface area contributed by atoms with Gasteiger partial charge in [-0.1, -0.05) is 28.1 Å². The number of aromatic nitrogens is 1. The average molecular weight is 483 g/mol. The number of unbranched alkanes of at least 4 members (excludes halogenated alkanes) is 1. The van der Waals surface area contributed by atoms with Gasteiger partial charge in [0.05, 0.1) is 28.8 Å². The van der Waals surface area contributed by atoms with E-state index in [2.05, 4.69) is 73.0 Å². The number of pyridine rings is 1. The summed E-state index contributed by atoms with van der Waals surface area (Å²) in [6.07, 6.45) is 4.95. The molecule has 0 bridgehead atoms. The molecule has 0 amide bonds. The highest BCUT2D eigenvalue weighted by atomic mass is 79.9. The molecule has 2 aromatic rings. The normalized spacial score (nSPS) is 11.1. The van der Waals surface area contributed by atoms with Crippen molar-refractivity contribution in [2.24, 2.45) is 4.99 Å². The molecule has 2 rings (SSSR count). The summed E-state index contributed by atoms with van der Waals surface area (Å²) in [5, 5.41) is 0. The molecular formula is C20H25Br2N3O. The molecule has 1 heterocycles. The molecule has 1 aromatic heterocycles. The van der Waals surface area contributed by atoms with Crippen LogP contribution in [0.1, 0.15) is 31.0 Å². The van der Waals surface area contributed by atoms with Crippen molar-refractivity contribution in [2.75, 3.05) is 20.2 Å². The highest BCUT2D eigenvalue weighted by molar-refractivity contribution is 9.10. The van der Waals surface area contributed by atoms with Gasteiger partial charge in [-0.25, -0.2) is 9.98 Å². The summed E-state index contributed by atoms with van der Waals surface area (Å²) in [6, 6.07) is 10.4. The Bertz CT molecular complexity index is 733. The second-order valence-corrected chi connectivity index (χ2v) is 7.90. The van der Waals surface area contributed by atoms with Gasteiger partial charge in [-0.15, -0.1) is 0 Å². The molecule has 6 heteroatoms. The molecule has 0 unspecified atom stereocenters. The molecule has 4 nitrogen and oxygen atoms in total. The Morgan fingerprint density at radius 3 is 2.62 bits per heavy atom. The number of halogens is 2. The van der Waals surface area contributed by atoms with Crippen molar-refractivity contribution < 1.29 is 4.74 Å². The van der Waals surface area contributed by atoms with E-state index >= 15 is 0 Å². The molecule has 1 aromatic carbocycles. The van der Waals surface area contributed by atoms with E-state index in [4.69, 9.17) is 4.74 Å². The summed E-state index contributed by atoms with van der Waals surface area (Å²) in [7, 11) is 1.99. The number of benzene rings is 1. The van der Waals surface area contributed by atoms with Crippen LogP contribution < -0.4 is 4.74 Å². The van der Waals surface area contributed by atoms with Gasteiger partial charge in [-0.05, 0) is 72.8 Å². The molecular weight excluding hydrogens is 458 g/mol. The zero-order chi connectivity index (χ0) is 18.9. The molecule has 26 heavy (non-hydrogen) atoms. The Morgan fingerprint density at radius 2 is 1.92 bits per heavy atom. The first-order valence-electron chi connectivity index (χ1n) is 8.78. The lowest BCUT2D eigenvalue weighted by atomic mass is 10.1. The number of hydrogen-bond acceptors (Lipinski definition) is 3. The van der Waals surface area contributed by atoms with Gasteiger partial charge < -0.3 is 9.64 Å². The van der Waals surface area contributed by atoms with Crippen molar-refractivity contribution >= 4 is 43.9 Å². The van der Waals surface area contributed by atoms with Crippen LogP contribution in [-0.2, 0) is 6.42 Å². The Morgan fingerprint density at radius 1 is 1.19 bits per heavy atom. The Hall–Kier alpha value is -1.40. The van der Waals surface area contributed by atoms with E-state index in [-0.39, 0.29) is 0 Å². The first-order valence-corrected chi connectivity index (χ1v) is 10.4. The summed E-state index contributed by atoms with van der Waals surface area (Å²) < 4.78 is 7.80. The van der Waals surface area contributed by atoms with Crippen LogP contribution in [0.3, 0.4) is 0 Å². The van der Waals surface area contributed by atoms with E-state index in [1.165, 1.54) is 5.56 Å². The van der Waals surface area contributed by atoms with Crippen molar-refractivity contribution in [2.45, 2.75) is 33.1 Å². The van der Waals surface area contributed by atoms with Crippen molar-refractivity contribution in [1.82, 2.24) is 9.88 Å². The standard InChI is InChI=1S/C20H25Br2N3O/c1-4-25(3)14-23-19-13-18(22)20(24-15(19)2)26-12-6-5-7-16-8-10-17(21)11-9-16/h8-11,13-14H,4-7,12H2,1-3H3. The van der Waals surface area contributed by atoms with Crippen molar-refractivity contribution in [3.8, 4) is 5.88 Å². The van der Waals surface area contributed by atoms with Gasteiger partial charge in [-0.2, -0.15) is 0 Å². The molecule has 0 aliphatic rings. The number of nitrogens with zero attached hydrogens (tertiary/aromatic N) is 3. The lowest BCUT2D eigenvalue weighted by Crippen LogP contribution is -2.14. The lowest BCUT2D eigenvalue weighted by Gasteiger charge is -2.11. The lowest BCUT2D eigenvalue weighted by molar-refractivity contribution is 0.293. The van der Waals surface area contributed by atoms with E-state index < -0.39 is 0 Å². The zero-order valence-electron chi connectivity index (χ0n) is 15.5. The number of aliphatic imine (C=N–C) groups is 1. The smallest absolute Gasteiger partial charge is 0.228 e. The van der Waals surface area contributed by atoms with Gasteiger partial charge >= 0.3 is 0 Å². The molecule has 0 saturated carbocycles. The number of aryl methyl sites for hydroxylation is 2. The van der Waals surface area contributed by atoms with Crippen LogP contribution in [0.5, 0.6) is 5.88 Å². The topological polar surface area (TPSA) is 37.7 Å². The molecule has 0 aliphatic heterocycles. The third-order valence-electron chi connectivity index (χ3n) is 4.01. The van der Waals surface area contributed by atoms with Crippen LogP contribution in [0.25, 0.3) is 0 Å². The second kappa shape index (κ2) is 10.7. The Balaban J connectivity index is 1.82. The van der Waals surface area contributed by atoms with Crippen LogP contribution in [0.2, 0.25) is 0 Å². The van der Waals surface area contributed by atoms with Crippen LogP contribution in [0.15, 0.2) is 44.3 Å². The molecule has 0 fully saturated rings. The van der Waals surface area contributed by atoms with Crippen molar-refractivity contribution in [3.63, 3.8) is 0 Å². The van der Waals surface area contributed by atoms with Gasteiger partial charge in [0.2, 0.25) is 5.88 Å². The summed E-state index contributed by atoms with van der Waals surface area (Å²) >= 11 is 7.00. The highest BCUT2D eigenvalue weighted by Crippen LogP contribution is 2.29. The monoisotopic (exact) mass is 481 g/mol. The van der Waals surface area contributed by atoms with E-state index in [1.54, 1.807) is 0 Å². The van der Waals surface area contributed by atoms with Crippen LogP contribution in [0, 0.1) is 6.92 Å². The number of hydrogen-bond donors (Lipinski definition) is 0. The Kier molecular flexibility index (Phi) is 8.59. The predicted octanol–water partition coefficient (Wildman–Crippen LogP) is 5.93. The van der Waals surface area contributed by atoms with E-state index in [0.29, 0.717) is 12.5 Å². The van der Waals surface area contributed by atoms with E-state index in [9.17, 15) is 0 Å². The maximum absolute atomic E-state index is 5.85. The maximum atomic E-state index is 5.85. The quantitative estimate of drug-likeness (QED) is 0.252. The fourth-order valence-corrected chi connectivity index (χ4v) is 2.96. The number of rotatable bonds is 9. The van der Waals surface area contributed by atoms with Crippen LogP contribution in [0.4, 0.5) is 5.69 Å².